The molecule has 7 nitrogen and oxygen atoms in total. The molecule has 1 aromatic carbocycles. The molecular weight excluding hydrogens is 274 g/mol. The van der Waals surface area contributed by atoms with Crippen molar-refractivity contribution in [2.45, 2.75) is 19.4 Å². The van der Waals surface area contributed by atoms with Crippen molar-refractivity contribution in [2.24, 2.45) is 0 Å². The number of hydrogen-bond acceptors (Lipinski definition) is 4. The van der Waals surface area contributed by atoms with Crippen molar-refractivity contribution in [3.63, 3.8) is 0 Å². The molecule has 108 valence electrons. The summed E-state index contributed by atoms with van der Waals surface area (Å²) in [5.74, 6) is -0.0634. The Morgan fingerprint density at radius 3 is 2.67 bits per heavy atom. The van der Waals surface area contributed by atoms with E-state index < -0.39 is 16.6 Å². The molecule has 0 unspecified atom stereocenters. The molecule has 0 aliphatic carbocycles. The number of anilines is 1. The summed E-state index contributed by atoms with van der Waals surface area (Å²) in [7, 11) is 0. The van der Waals surface area contributed by atoms with E-state index >= 15 is 0 Å². The Balaban J connectivity index is 2.06. The van der Waals surface area contributed by atoms with Gasteiger partial charge in [0.1, 0.15) is 11.3 Å². The standard InChI is InChI=1S/C14H13N3O4/c1-14(2)9-7-8(3-4-11(9)16-13(18)21-14)10-5-6-12(15-10)17(19)20/h3-7,15H,1-2H3,(H,16,18). The number of carbonyl (C=O) groups excluding carboxylic acids is 1. The van der Waals surface area contributed by atoms with Gasteiger partial charge in [-0.05, 0) is 43.0 Å². The SMILES string of the molecule is CC1(C)OC(=O)Nc2ccc(-c3ccc([N+](=O)[O-])[nH]3)cc21. The highest BCUT2D eigenvalue weighted by molar-refractivity contribution is 5.89. The van der Waals surface area contributed by atoms with Crippen molar-refractivity contribution in [1.82, 2.24) is 4.98 Å². The Bertz CT molecular complexity index is 748. The van der Waals surface area contributed by atoms with Crippen molar-refractivity contribution in [3.8, 4) is 11.3 Å². The number of fused-ring (bicyclic) bond motifs is 1. The Labute approximate surface area is 120 Å². The fourth-order valence-corrected chi connectivity index (χ4v) is 2.40. The van der Waals surface area contributed by atoms with Gasteiger partial charge in [-0.25, -0.2) is 9.78 Å². The Morgan fingerprint density at radius 2 is 2.00 bits per heavy atom. The maximum atomic E-state index is 11.5. The first-order valence-corrected chi connectivity index (χ1v) is 6.35. The minimum absolute atomic E-state index is 0.0634. The number of cyclic esters (lactones) is 1. The lowest BCUT2D eigenvalue weighted by Gasteiger charge is -2.32. The number of ether oxygens (including phenoxy) is 1. The fraction of sp³-hybridized carbons (Fsp3) is 0.214. The summed E-state index contributed by atoms with van der Waals surface area (Å²) in [6.45, 7) is 3.59. The molecule has 0 atom stereocenters. The molecule has 0 saturated carbocycles. The zero-order valence-corrected chi connectivity index (χ0v) is 11.5. The van der Waals surface area contributed by atoms with Gasteiger partial charge < -0.3 is 14.9 Å². The number of nitro groups is 1. The highest BCUT2D eigenvalue weighted by Gasteiger charge is 2.33. The van der Waals surface area contributed by atoms with Gasteiger partial charge in [0.15, 0.2) is 0 Å². The van der Waals surface area contributed by atoms with Crippen LogP contribution in [0.5, 0.6) is 0 Å². The van der Waals surface area contributed by atoms with Gasteiger partial charge in [-0.1, -0.05) is 0 Å². The third-order valence-corrected chi connectivity index (χ3v) is 3.43. The monoisotopic (exact) mass is 287 g/mol. The number of rotatable bonds is 2. The molecule has 2 heterocycles. The van der Waals surface area contributed by atoms with Crippen LogP contribution in [0.3, 0.4) is 0 Å². The topological polar surface area (TPSA) is 97.3 Å². The number of benzene rings is 1. The van der Waals surface area contributed by atoms with E-state index in [1.54, 1.807) is 32.0 Å². The number of hydrogen-bond donors (Lipinski definition) is 2. The smallest absolute Gasteiger partial charge is 0.412 e. The van der Waals surface area contributed by atoms with Gasteiger partial charge in [0.2, 0.25) is 0 Å². The van der Waals surface area contributed by atoms with Crippen LogP contribution in [0.25, 0.3) is 11.3 Å². The van der Waals surface area contributed by atoms with Crippen molar-refractivity contribution in [1.29, 1.82) is 0 Å². The minimum atomic E-state index is -0.758. The molecule has 21 heavy (non-hydrogen) atoms. The van der Waals surface area contributed by atoms with Gasteiger partial charge >= 0.3 is 11.9 Å². The van der Waals surface area contributed by atoms with Gasteiger partial charge in [0.05, 0.1) is 5.69 Å². The number of nitrogens with one attached hydrogen (secondary N) is 2. The molecule has 0 spiro atoms. The van der Waals surface area contributed by atoms with E-state index in [9.17, 15) is 14.9 Å². The molecule has 2 N–H and O–H groups in total. The second-order valence-electron chi connectivity index (χ2n) is 5.30. The van der Waals surface area contributed by atoms with E-state index in [1.165, 1.54) is 6.07 Å². The van der Waals surface area contributed by atoms with Crippen LogP contribution in [0.1, 0.15) is 19.4 Å². The molecular formula is C14H13N3O4. The van der Waals surface area contributed by atoms with Gasteiger partial charge in [-0.3, -0.25) is 5.32 Å². The molecule has 7 heteroatoms. The largest absolute Gasteiger partial charge is 0.438 e. The molecule has 0 radical (unpaired) electrons. The molecule has 3 rings (SSSR count). The van der Waals surface area contributed by atoms with Crippen molar-refractivity contribution >= 4 is 17.6 Å². The molecule has 2 aromatic rings. The van der Waals surface area contributed by atoms with Crippen molar-refractivity contribution in [2.75, 3.05) is 5.32 Å². The van der Waals surface area contributed by atoms with E-state index in [0.29, 0.717) is 11.4 Å². The Morgan fingerprint density at radius 1 is 1.24 bits per heavy atom. The van der Waals surface area contributed by atoms with E-state index in [-0.39, 0.29) is 5.82 Å². The van der Waals surface area contributed by atoms with Crippen molar-refractivity contribution in [3.05, 3.63) is 46.0 Å². The number of nitrogens with zero attached hydrogens (tertiary/aromatic N) is 1. The van der Waals surface area contributed by atoms with Crippen LogP contribution in [-0.4, -0.2) is 16.0 Å². The van der Waals surface area contributed by atoms with Crippen LogP contribution in [-0.2, 0) is 10.3 Å². The van der Waals surface area contributed by atoms with Crippen LogP contribution >= 0.6 is 0 Å². The molecule has 1 aromatic heterocycles. The molecule has 0 fully saturated rings. The number of aromatic amines is 1. The maximum Gasteiger partial charge on any atom is 0.412 e. The number of carbonyl (C=O) groups is 1. The third kappa shape index (κ3) is 2.22. The maximum absolute atomic E-state index is 11.5. The van der Waals surface area contributed by atoms with Gasteiger partial charge in [-0.15, -0.1) is 0 Å². The zero-order chi connectivity index (χ0) is 15.2. The second-order valence-corrected chi connectivity index (χ2v) is 5.30. The first-order valence-electron chi connectivity index (χ1n) is 6.35. The van der Waals surface area contributed by atoms with Crippen LogP contribution < -0.4 is 5.32 Å². The summed E-state index contributed by atoms with van der Waals surface area (Å²) in [4.78, 5) is 24.5. The normalized spacial score (nSPS) is 15.8. The minimum Gasteiger partial charge on any atom is -0.438 e. The number of aromatic nitrogens is 1. The lowest BCUT2D eigenvalue weighted by atomic mass is 9.92. The summed E-state index contributed by atoms with van der Waals surface area (Å²) in [6.07, 6.45) is -0.490. The summed E-state index contributed by atoms with van der Waals surface area (Å²) < 4.78 is 5.27. The van der Waals surface area contributed by atoms with Crippen LogP contribution in [0.4, 0.5) is 16.3 Å². The van der Waals surface area contributed by atoms with Crippen LogP contribution in [0, 0.1) is 10.1 Å². The third-order valence-electron chi connectivity index (χ3n) is 3.43. The highest BCUT2D eigenvalue weighted by Crippen LogP contribution is 2.38. The average Bonchev–Trinajstić information content (AvgIpc) is 2.87. The lowest BCUT2D eigenvalue weighted by molar-refractivity contribution is -0.389. The van der Waals surface area contributed by atoms with E-state index in [2.05, 4.69) is 10.3 Å². The molecule has 1 amide bonds. The summed E-state index contributed by atoms with van der Waals surface area (Å²) in [5.41, 5.74) is 2.16. The highest BCUT2D eigenvalue weighted by atomic mass is 16.6. The molecule has 0 bridgehead atoms. The summed E-state index contributed by atoms with van der Waals surface area (Å²) >= 11 is 0. The summed E-state index contributed by atoms with van der Waals surface area (Å²) in [6, 6.07) is 8.47. The average molecular weight is 287 g/mol. The Kier molecular flexibility index (Phi) is 2.72. The summed E-state index contributed by atoms with van der Waals surface area (Å²) in [5, 5.41) is 13.4. The first-order chi connectivity index (χ1) is 9.87. The van der Waals surface area contributed by atoms with Gasteiger partial charge in [0, 0.05) is 17.2 Å². The number of H-pyrrole nitrogens is 1. The molecule has 0 saturated heterocycles. The lowest BCUT2D eigenvalue weighted by Crippen LogP contribution is -2.34. The second kappa shape index (κ2) is 4.34. The predicted octanol–water partition coefficient (Wildman–Crippen LogP) is 3.39. The van der Waals surface area contributed by atoms with Crippen LogP contribution in [0.2, 0.25) is 0 Å². The Hall–Kier alpha value is -2.83. The van der Waals surface area contributed by atoms with Crippen LogP contribution in [0.15, 0.2) is 30.3 Å². The predicted molar refractivity (Wildman–Crippen MR) is 76.0 cm³/mol. The van der Waals surface area contributed by atoms with E-state index in [1.807, 2.05) is 6.07 Å². The zero-order valence-electron chi connectivity index (χ0n) is 11.5. The molecule has 1 aliphatic rings. The molecule has 1 aliphatic heterocycles. The first kappa shape index (κ1) is 13.2. The van der Waals surface area contributed by atoms with E-state index in [4.69, 9.17) is 4.74 Å². The fourth-order valence-electron chi connectivity index (χ4n) is 2.40. The number of amides is 1. The van der Waals surface area contributed by atoms with Crippen molar-refractivity contribution < 1.29 is 14.5 Å². The van der Waals surface area contributed by atoms with E-state index in [0.717, 1.165) is 11.1 Å². The quantitative estimate of drug-likeness (QED) is 0.653. The van der Waals surface area contributed by atoms with Gasteiger partial charge in [-0.2, -0.15) is 0 Å². The van der Waals surface area contributed by atoms with Gasteiger partial charge in [0.25, 0.3) is 0 Å².